The number of tetrazole rings is 1. The zero-order valence-corrected chi connectivity index (χ0v) is 17.6. The number of para-hydroxylation sites is 1. The Kier molecular flexibility index (Phi) is 6.14. The van der Waals surface area contributed by atoms with Crippen LogP contribution in [0.3, 0.4) is 0 Å². The molecule has 0 aliphatic rings. The van der Waals surface area contributed by atoms with E-state index in [1.165, 1.54) is 11.8 Å². The van der Waals surface area contributed by atoms with Gasteiger partial charge in [-0.05, 0) is 60.4 Å². The lowest BCUT2D eigenvalue weighted by Gasteiger charge is -2.18. The number of carbonyl (C=O) groups is 1. The van der Waals surface area contributed by atoms with Crippen molar-refractivity contribution in [2.45, 2.75) is 50.9 Å². The van der Waals surface area contributed by atoms with Gasteiger partial charge >= 0.3 is 0 Å². The summed E-state index contributed by atoms with van der Waals surface area (Å²) in [5.74, 6) is 0.256. The third-order valence-electron chi connectivity index (χ3n) is 4.55. The van der Waals surface area contributed by atoms with Crippen LogP contribution < -0.4 is 5.32 Å². The molecule has 1 amide bonds. The number of nitrogens with zero attached hydrogens (tertiary/aromatic N) is 4. The number of carbonyl (C=O) groups excluding carboxylic acids is 1. The first kappa shape index (κ1) is 20.1. The van der Waals surface area contributed by atoms with Gasteiger partial charge in [-0.25, -0.2) is 0 Å². The molecular weight excluding hydrogens is 370 g/mol. The summed E-state index contributed by atoms with van der Waals surface area (Å²) in [6, 6.07) is 14.0. The van der Waals surface area contributed by atoms with Crippen LogP contribution in [0.4, 0.5) is 5.69 Å². The van der Waals surface area contributed by atoms with Crippen molar-refractivity contribution >= 4 is 23.4 Å². The molecular formula is C21H25N5OS. The van der Waals surface area contributed by atoms with Crippen molar-refractivity contribution in [2.75, 3.05) is 5.32 Å². The normalized spacial score (nSPS) is 12.2. The number of thioether (sulfide) groups is 1. The molecule has 0 bridgehead atoms. The Bertz CT molecular complexity index is 965. The Hall–Kier alpha value is -2.67. The molecule has 1 heterocycles. The Labute approximate surface area is 169 Å². The molecule has 0 unspecified atom stereocenters. The zero-order chi connectivity index (χ0) is 20.3. The number of hydrogen-bond acceptors (Lipinski definition) is 5. The van der Waals surface area contributed by atoms with Gasteiger partial charge in [-0.3, -0.25) is 4.79 Å². The van der Waals surface area contributed by atoms with Crippen molar-refractivity contribution < 1.29 is 4.79 Å². The minimum atomic E-state index is -0.352. The van der Waals surface area contributed by atoms with Crippen molar-refractivity contribution in [2.24, 2.45) is 0 Å². The number of amides is 1. The minimum absolute atomic E-state index is 0.0698. The van der Waals surface area contributed by atoms with Gasteiger partial charge in [0, 0.05) is 5.69 Å². The van der Waals surface area contributed by atoms with Crippen LogP contribution in [0.5, 0.6) is 0 Å². The van der Waals surface area contributed by atoms with Crippen molar-refractivity contribution in [1.29, 1.82) is 0 Å². The zero-order valence-electron chi connectivity index (χ0n) is 16.8. The second-order valence-corrected chi connectivity index (χ2v) is 8.46. The van der Waals surface area contributed by atoms with Gasteiger partial charge in [0.2, 0.25) is 11.1 Å². The molecule has 0 fully saturated rings. The lowest BCUT2D eigenvalue weighted by molar-refractivity contribution is -0.115. The monoisotopic (exact) mass is 395 g/mol. The average Bonchev–Trinajstić information content (AvgIpc) is 3.11. The fourth-order valence-electron chi connectivity index (χ4n) is 2.88. The van der Waals surface area contributed by atoms with Crippen LogP contribution in [0.25, 0.3) is 5.69 Å². The molecule has 0 radical (unpaired) electrons. The van der Waals surface area contributed by atoms with Gasteiger partial charge in [0.05, 0.1) is 10.9 Å². The second-order valence-electron chi connectivity index (χ2n) is 7.15. The SMILES string of the molecule is Cc1ccc(-n2nnnc2S[C@H](C)C(=O)Nc2c(C)cccc2C(C)C)cc1. The summed E-state index contributed by atoms with van der Waals surface area (Å²) in [7, 11) is 0. The Morgan fingerprint density at radius 1 is 1.07 bits per heavy atom. The summed E-state index contributed by atoms with van der Waals surface area (Å²) in [5.41, 5.74) is 5.12. The number of nitrogens with one attached hydrogen (secondary N) is 1. The van der Waals surface area contributed by atoms with Crippen LogP contribution in [0.15, 0.2) is 47.6 Å². The van der Waals surface area contributed by atoms with E-state index in [-0.39, 0.29) is 11.2 Å². The third kappa shape index (κ3) is 4.42. The molecule has 6 nitrogen and oxygen atoms in total. The molecule has 0 aliphatic heterocycles. The number of rotatable bonds is 6. The lowest BCUT2D eigenvalue weighted by atomic mass is 9.98. The maximum absolute atomic E-state index is 12.8. The molecule has 3 aromatic rings. The summed E-state index contributed by atoms with van der Waals surface area (Å²) in [6.07, 6.45) is 0. The van der Waals surface area contributed by atoms with E-state index in [1.807, 2.05) is 57.2 Å². The predicted octanol–water partition coefficient (Wildman–Crippen LogP) is 4.52. The van der Waals surface area contributed by atoms with E-state index in [0.29, 0.717) is 11.1 Å². The molecule has 0 aliphatic carbocycles. The van der Waals surface area contributed by atoms with Gasteiger partial charge in [-0.15, -0.1) is 5.10 Å². The van der Waals surface area contributed by atoms with Crippen molar-refractivity contribution in [3.05, 3.63) is 59.2 Å². The molecule has 3 rings (SSSR count). The van der Waals surface area contributed by atoms with Crippen LogP contribution >= 0.6 is 11.8 Å². The van der Waals surface area contributed by atoms with Gasteiger partial charge in [0.25, 0.3) is 0 Å². The maximum Gasteiger partial charge on any atom is 0.237 e. The number of aromatic nitrogens is 4. The molecule has 1 aromatic heterocycles. The third-order valence-corrected chi connectivity index (χ3v) is 5.58. The number of aryl methyl sites for hydroxylation is 2. The average molecular weight is 396 g/mol. The topological polar surface area (TPSA) is 72.7 Å². The van der Waals surface area contributed by atoms with Crippen molar-refractivity contribution in [1.82, 2.24) is 20.2 Å². The molecule has 7 heteroatoms. The Morgan fingerprint density at radius 2 is 1.79 bits per heavy atom. The van der Waals surface area contributed by atoms with Crippen LogP contribution in [-0.2, 0) is 4.79 Å². The summed E-state index contributed by atoms with van der Waals surface area (Å²) in [5, 5.41) is 15.3. The quantitative estimate of drug-likeness (QED) is 0.621. The van der Waals surface area contributed by atoms with Gasteiger partial charge in [0.15, 0.2) is 0 Å². The highest BCUT2D eigenvalue weighted by Gasteiger charge is 2.21. The minimum Gasteiger partial charge on any atom is -0.325 e. The first-order valence-electron chi connectivity index (χ1n) is 9.29. The largest absolute Gasteiger partial charge is 0.325 e. The molecule has 28 heavy (non-hydrogen) atoms. The van der Waals surface area contributed by atoms with Crippen molar-refractivity contribution in [3.8, 4) is 5.69 Å². The molecule has 0 spiro atoms. The fraction of sp³-hybridized carbons (Fsp3) is 0.333. The highest BCUT2D eigenvalue weighted by molar-refractivity contribution is 8.00. The van der Waals surface area contributed by atoms with E-state index in [1.54, 1.807) is 4.68 Å². The van der Waals surface area contributed by atoms with E-state index in [0.717, 1.165) is 28.1 Å². The molecule has 2 aromatic carbocycles. The van der Waals surface area contributed by atoms with Crippen molar-refractivity contribution in [3.63, 3.8) is 0 Å². The summed E-state index contributed by atoms with van der Waals surface area (Å²) in [4.78, 5) is 12.8. The van der Waals surface area contributed by atoms with E-state index in [4.69, 9.17) is 0 Å². The van der Waals surface area contributed by atoms with Gasteiger partial charge in [-0.1, -0.05) is 61.5 Å². The van der Waals surface area contributed by atoms with Crippen LogP contribution in [0, 0.1) is 13.8 Å². The summed E-state index contributed by atoms with van der Waals surface area (Å²) < 4.78 is 1.65. The first-order valence-corrected chi connectivity index (χ1v) is 10.2. The fourth-order valence-corrected chi connectivity index (χ4v) is 3.69. The van der Waals surface area contributed by atoms with E-state index < -0.39 is 0 Å². The van der Waals surface area contributed by atoms with Gasteiger partial charge in [0.1, 0.15) is 0 Å². The molecule has 0 saturated heterocycles. The predicted molar refractivity (Wildman–Crippen MR) is 113 cm³/mol. The standard InChI is InChI=1S/C21H25N5OS/c1-13(2)18-8-6-7-15(4)19(18)22-20(27)16(5)28-21-23-24-25-26(21)17-11-9-14(3)10-12-17/h6-13,16H,1-5H3,(H,22,27)/t16-/m1/s1. The summed E-state index contributed by atoms with van der Waals surface area (Å²) in [6.45, 7) is 10.2. The highest BCUT2D eigenvalue weighted by Crippen LogP contribution is 2.29. The number of hydrogen-bond donors (Lipinski definition) is 1. The Balaban J connectivity index is 1.76. The summed E-state index contributed by atoms with van der Waals surface area (Å²) >= 11 is 1.34. The van der Waals surface area contributed by atoms with Crippen LogP contribution in [0.1, 0.15) is 43.4 Å². The van der Waals surface area contributed by atoms with E-state index in [9.17, 15) is 4.79 Å². The van der Waals surface area contributed by atoms with Gasteiger partial charge < -0.3 is 5.32 Å². The smallest absolute Gasteiger partial charge is 0.237 e. The first-order chi connectivity index (χ1) is 13.4. The van der Waals surface area contributed by atoms with Crippen LogP contribution in [-0.4, -0.2) is 31.4 Å². The van der Waals surface area contributed by atoms with Crippen LogP contribution in [0.2, 0.25) is 0 Å². The molecule has 1 N–H and O–H groups in total. The van der Waals surface area contributed by atoms with E-state index >= 15 is 0 Å². The maximum atomic E-state index is 12.8. The highest BCUT2D eigenvalue weighted by atomic mass is 32.2. The number of benzene rings is 2. The second kappa shape index (κ2) is 8.56. The Morgan fingerprint density at radius 3 is 2.46 bits per heavy atom. The number of anilines is 1. The molecule has 0 saturated carbocycles. The lowest BCUT2D eigenvalue weighted by Crippen LogP contribution is -2.24. The molecule has 146 valence electrons. The van der Waals surface area contributed by atoms with Gasteiger partial charge in [-0.2, -0.15) is 4.68 Å². The van der Waals surface area contributed by atoms with E-state index in [2.05, 4.69) is 40.8 Å². The molecule has 1 atom stereocenters.